The topological polar surface area (TPSA) is 143 Å². The molecular formula is C15H14BrN7O2. The molecule has 0 fully saturated rings. The summed E-state index contributed by atoms with van der Waals surface area (Å²) in [6, 6.07) is 1.63. The van der Waals surface area contributed by atoms with Gasteiger partial charge in [-0.3, -0.25) is 0 Å². The van der Waals surface area contributed by atoms with Crippen LogP contribution < -0.4 is 11.1 Å². The fourth-order valence-corrected chi connectivity index (χ4v) is 2.86. The van der Waals surface area contributed by atoms with Gasteiger partial charge in [0.05, 0.1) is 28.4 Å². The Morgan fingerprint density at radius 3 is 3.00 bits per heavy atom. The van der Waals surface area contributed by atoms with E-state index in [-0.39, 0.29) is 12.3 Å². The van der Waals surface area contributed by atoms with Crippen LogP contribution in [0.2, 0.25) is 0 Å². The molecule has 0 aliphatic rings. The molecule has 0 saturated heterocycles. The van der Waals surface area contributed by atoms with Crippen LogP contribution in [-0.2, 0) is 4.74 Å². The molecule has 128 valence electrons. The number of rotatable bonds is 5. The van der Waals surface area contributed by atoms with E-state index >= 15 is 0 Å². The second-order valence-corrected chi connectivity index (χ2v) is 5.74. The number of carbonyl (C=O) groups excluding carboxylic acids is 1. The molecular weight excluding hydrogens is 390 g/mol. The number of halogens is 1. The summed E-state index contributed by atoms with van der Waals surface area (Å²) in [4.78, 5) is 27.5. The number of H-pyrrole nitrogens is 1. The summed E-state index contributed by atoms with van der Waals surface area (Å²) < 4.78 is 5.51. The summed E-state index contributed by atoms with van der Waals surface area (Å²) in [5.74, 6) is 0.408. The molecule has 25 heavy (non-hydrogen) atoms. The monoisotopic (exact) mass is 403 g/mol. The Morgan fingerprint density at radius 1 is 1.48 bits per heavy atom. The molecule has 3 heterocycles. The summed E-state index contributed by atoms with van der Waals surface area (Å²) in [6.45, 7) is 1.99. The molecule has 0 aliphatic heterocycles. The van der Waals surface area contributed by atoms with E-state index in [4.69, 9.17) is 15.9 Å². The number of anilines is 3. The highest BCUT2D eigenvalue weighted by atomic mass is 79.9. The SMILES string of the molecule is CCOC(=O)c1[nH]c2ncnc(Nc3cc(C=N)c(N)cn3)c2c1Br. The van der Waals surface area contributed by atoms with Crippen molar-refractivity contribution in [2.24, 2.45) is 0 Å². The van der Waals surface area contributed by atoms with E-state index < -0.39 is 5.97 Å². The zero-order valence-electron chi connectivity index (χ0n) is 13.1. The average Bonchev–Trinajstić information content (AvgIpc) is 2.95. The molecule has 3 aromatic rings. The zero-order chi connectivity index (χ0) is 18.0. The maximum Gasteiger partial charge on any atom is 0.355 e. The van der Waals surface area contributed by atoms with E-state index in [1.165, 1.54) is 12.5 Å². The van der Waals surface area contributed by atoms with E-state index in [1.807, 2.05) is 0 Å². The number of pyridine rings is 1. The Labute approximate surface area is 150 Å². The third-order valence-corrected chi connectivity index (χ3v) is 4.17. The largest absolute Gasteiger partial charge is 0.461 e. The van der Waals surface area contributed by atoms with Crippen molar-refractivity contribution in [3.05, 3.63) is 34.3 Å². The van der Waals surface area contributed by atoms with Gasteiger partial charge in [0.1, 0.15) is 29.3 Å². The van der Waals surface area contributed by atoms with Gasteiger partial charge in [-0.1, -0.05) is 0 Å². The van der Waals surface area contributed by atoms with Crippen LogP contribution in [0.5, 0.6) is 0 Å². The number of hydrogen-bond donors (Lipinski definition) is 4. The van der Waals surface area contributed by atoms with E-state index in [9.17, 15) is 4.79 Å². The number of carbonyl (C=O) groups is 1. The number of aromatic amines is 1. The number of nitrogen functional groups attached to an aromatic ring is 1. The summed E-state index contributed by atoms with van der Waals surface area (Å²) in [6.07, 6.45) is 3.96. The molecule has 3 aromatic heterocycles. The number of fused-ring (bicyclic) bond motifs is 1. The molecule has 0 spiro atoms. The third-order valence-electron chi connectivity index (χ3n) is 3.38. The third kappa shape index (κ3) is 3.15. The fourth-order valence-electron chi connectivity index (χ4n) is 2.22. The molecule has 0 bridgehead atoms. The molecule has 3 rings (SSSR count). The fraction of sp³-hybridized carbons (Fsp3) is 0.133. The predicted octanol–water partition coefficient (Wildman–Crippen LogP) is 2.62. The highest BCUT2D eigenvalue weighted by Crippen LogP contribution is 2.33. The van der Waals surface area contributed by atoms with Crippen molar-refractivity contribution in [1.82, 2.24) is 19.9 Å². The Bertz CT molecular complexity index is 970. The summed E-state index contributed by atoms with van der Waals surface area (Å²) in [5, 5.41) is 11.0. The van der Waals surface area contributed by atoms with Gasteiger partial charge in [0.2, 0.25) is 0 Å². The van der Waals surface area contributed by atoms with E-state index in [2.05, 4.69) is 41.2 Å². The van der Waals surface area contributed by atoms with Crippen molar-refractivity contribution in [1.29, 1.82) is 5.41 Å². The van der Waals surface area contributed by atoms with Crippen LogP contribution in [-0.4, -0.2) is 38.7 Å². The number of hydrogen-bond acceptors (Lipinski definition) is 8. The first-order chi connectivity index (χ1) is 12.0. The number of aromatic nitrogens is 4. The van der Waals surface area contributed by atoms with Crippen LogP contribution in [0.3, 0.4) is 0 Å². The lowest BCUT2D eigenvalue weighted by Crippen LogP contribution is -2.05. The van der Waals surface area contributed by atoms with Crippen molar-refractivity contribution in [2.75, 3.05) is 17.7 Å². The minimum Gasteiger partial charge on any atom is -0.461 e. The molecule has 10 heteroatoms. The second kappa shape index (κ2) is 6.85. The second-order valence-electron chi connectivity index (χ2n) is 4.95. The predicted molar refractivity (Wildman–Crippen MR) is 97.4 cm³/mol. The molecule has 0 radical (unpaired) electrons. The van der Waals surface area contributed by atoms with Crippen LogP contribution in [0, 0.1) is 5.41 Å². The maximum absolute atomic E-state index is 12.0. The maximum atomic E-state index is 12.0. The number of esters is 1. The quantitative estimate of drug-likeness (QED) is 0.378. The van der Waals surface area contributed by atoms with Gasteiger partial charge in [-0.25, -0.2) is 19.7 Å². The van der Waals surface area contributed by atoms with Gasteiger partial charge in [-0.05, 0) is 28.9 Å². The van der Waals surface area contributed by atoms with Crippen molar-refractivity contribution in [3.8, 4) is 0 Å². The van der Waals surface area contributed by atoms with Crippen LogP contribution in [0.4, 0.5) is 17.3 Å². The summed E-state index contributed by atoms with van der Waals surface area (Å²) in [7, 11) is 0. The standard InChI is InChI=1S/C15H14BrN7O2/c1-2-25-15(24)12-11(16)10-13(20-6-21-14(10)23-12)22-9-3-7(4-17)8(18)5-19-9/h3-6,17H,2,18H2,1H3,(H2,19,20,21,22,23). The van der Waals surface area contributed by atoms with Gasteiger partial charge in [-0.15, -0.1) is 0 Å². The average molecular weight is 404 g/mol. The van der Waals surface area contributed by atoms with Gasteiger partial charge in [0.25, 0.3) is 0 Å². The molecule has 0 unspecified atom stereocenters. The lowest BCUT2D eigenvalue weighted by molar-refractivity contribution is 0.0519. The highest BCUT2D eigenvalue weighted by molar-refractivity contribution is 9.10. The number of nitrogens with two attached hydrogens (primary N) is 1. The van der Waals surface area contributed by atoms with Crippen LogP contribution >= 0.6 is 15.9 Å². The van der Waals surface area contributed by atoms with Crippen molar-refractivity contribution in [3.63, 3.8) is 0 Å². The van der Waals surface area contributed by atoms with Crippen LogP contribution in [0.15, 0.2) is 23.1 Å². The Hall–Kier alpha value is -3.01. The van der Waals surface area contributed by atoms with Crippen molar-refractivity contribution >= 4 is 56.5 Å². The molecule has 0 atom stereocenters. The van der Waals surface area contributed by atoms with Crippen LogP contribution in [0.25, 0.3) is 11.0 Å². The summed E-state index contributed by atoms with van der Waals surface area (Å²) in [5.41, 5.74) is 7.40. The number of nitrogens with one attached hydrogen (secondary N) is 3. The lowest BCUT2D eigenvalue weighted by atomic mass is 10.2. The van der Waals surface area contributed by atoms with E-state index in [0.29, 0.717) is 38.4 Å². The molecule has 0 aromatic carbocycles. The Kier molecular flexibility index (Phi) is 4.61. The molecule has 0 saturated carbocycles. The number of ether oxygens (including phenoxy) is 1. The normalized spacial score (nSPS) is 10.6. The van der Waals surface area contributed by atoms with Gasteiger partial charge < -0.3 is 26.2 Å². The minimum absolute atomic E-state index is 0.255. The van der Waals surface area contributed by atoms with Gasteiger partial charge in [0, 0.05) is 11.8 Å². The Balaban J connectivity index is 2.05. The summed E-state index contributed by atoms with van der Waals surface area (Å²) >= 11 is 3.40. The minimum atomic E-state index is -0.491. The first kappa shape index (κ1) is 16.8. The first-order valence-electron chi connectivity index (χ1n) is 7.27. The smallest absolute Gasteiger partial charge is 0.355 e. The van der Waals surface area contributed by atoms with E-state index in [1.54, 1.807) is 13.0 Å². The number of nitrogens with zero attached hydrogens (tertiary/aromatic N) is 3. The first-order valence-corrected chi connectivity index (χ1v) is 8.06. The van der Waals surface area contributed by atoms with E-state index in [0.717, 1.165) is 6.21 Å². The molecule has 9 nitrogen and oxygen atoms in total. The lowest BCUT2D eigenvalue weighted by Gasteiger charge is -2.08. The van der Waals surface area contributed by atoms with Gasteiger partial charge >= 0.3 is 5.97 Å². The molecule has 5 N–H and O–H groups in total. The van der Waals surface area contributed by atoms with Gasteiger partial charge in [0.15, 0.2) is 0 Å². The van der Waals surface area contributed by atoms with Crippen molar-refractivity contribution < 1.29 is 9.53 Å². The Morgan fingerprint density at radius 2 is 2.28 bits per heavy atom. The van der Waals surface area contributed by atoms with Crippen molar-refractivity contribution in [2.45, 2.75) is 6.92 Å². The highest BCUT2D eigenvalue weighted by Gasteiger charge is 2.21. The van der Waals surface area contributed by atoms with Gasteiger partial charge in [-0.2, -0.15) is 0 Å². The van der Waals surface area contributed by atoms with Crippen LogP contribution in [0.1, 0.15) is 23.0 Å². The molecule has 0 aliphatic carbocycles. The molecule has 0 amide bonds. The zero-order valence-corrected chi connectivity index (χ0v) is 14.7.